The van der Waals surface area contributed by atoms with E-state index >= 15 is 0 Å². The molecule has 114 valence electrons. The summed E-state index contributed by atoms with van der Waals surface area (Å²) >= 11 is 0. The zero-order valence-electron chi connectivity index (χ0n) is 12.4. The Bertz CT molecular complexity index is 776. The van der Waals surface area contributed by atoms with Crippen LogP contribution in [0, 0.1) is 0 Å². The zero-order valence-corrected chi connectivity index (χ0v) is 12.4. The molecule has 1 aromatic heterocycles. The van der Waals surface area contributed by atoms with E-state index in [1.54, 1.807) is 0 Å². The number of piperidine rings is 1. The van der Waals surface area contributed by atoms with Gasteiger partial charge in [-0.3, -0.25) is 19.6 Å². The van der Waals surface area contributed by atoms with Crippen molar-refractivity contribution < 1.29 is 9.59 Å². The number of rotatable bonds is 2. The Morgan fingerprint density at radius 2 is 2.09 bits per heavy atom. The number of nitrogens with zero attached hydrogens (tertiary/aromatic N) is 2. The van der Waals surface area contributed by atoms with Gasteiger partial charge in [-0.05, 0) is 18.1 Å². The van der Waals surface area contributed by atoms with Gasteiger partial charge in [0.25, 0.3) is 0 Å². The Morgan fingerprint density at radius 1 is 1.27 bits per heavy atom. The van der Waals surface area contributed by atoms with Gasteiger partial charge in [0.05, 0.1) is 17.1 Å². The van der Waals surface area contributed by atoms with Crippen molar-refractivity contribution in [2.45, 2.75) is 24.7 Å². The van der Waals surface area contributed by atoms with Crippen LogP contribution in [0.3, 0.4) is 0 Å². The van der Waals surface area contributed by atoms with Crippen molar-refractivity contribution in [3.05, 3.63) is 29.5 Å². The number of imide groups is 1. The monoisotopic (exact) mass is 298 g/mol. The van der Waals surface area contributed by atoms with Gasteiger partial charge in [0, 0.05) is 37.9 Å². The van der Waals surface area contributed by atoms with Gasteiger partial charge in [-0.25, -0.2) is 0 Å². The average Bonchev–Trinajstić information content (AvgIpc) is 2.74. The van der Waals surface area contributed by atoms with E-state index in [1.165, 1.54) is 5.56 Å². The van der Waals surface area contributed by atoms with Crippen LogP contribution in [0.5, 0.6) is 0 Å². The summed E-state index contributed by atoms with van der Waals surface area (Å²) < 4.78 is 1.84. The van der Waals surface area contributed by atoms with Gasteiger partial charge in [0.15, 0.2) is 0 Å². The fourth-order valence-electron chi connectivity index (χ4n) is 3.29. The van der Waals surface area contributed by atoms with Crippen LogP contribution in [0.1, 0.15) is 35.9 Å². The third-order valence-electron chi connectivity index (χ3n) is 4.73. The molecule has 3 heterocycles. The second-order valence-electron chi connectivity index (χ2n) is 6.14. The van der Waals surface area contributed by atoms with Crippen LogP contribution in [0.25, 0.3) is 10.9 Å². The number of aryl methyl sites for hydroxylation is 1. The first-order chi connectivity index (χ1) is 10.6. The molecule has 1 aromatic carbocycles. The third-order valence-corrected chi connectivity index (χ3v) is 4.73. The molecule has 2 aromatic rings. The number of hydrogen-bond acceptors (Lipinski definition) is 4. The zero-order chi connectivity index (χ0) is 15.3. The maximum absolute atomic E-state index is 12.1. The third kappa shape index (κ3) is 2.02. The summed E-state index contributed by atoms with van der Waals surface area (Å²) in [5, 5.41) is 11.3. The maximum atomic E-state index is 12.1. The summed E-state index contributed by atoms with van der Waals surface area (Å²) in [7, 11) is 1.90. The number of carbonyl (C=O) groups is 2. The molecule has 6 heteroatoms. The minimum Gasteiger partial charge on any atom is -0.315 e. The number of nitrogens with one attached hydrogen (secondary N) is 2. The second-order valence-corrected chi connectivity index (χ2v) is 6.14. The summed E-state index contributed by atoms with van der Waals surface area (Å²) in [5.74, 6) is -0.194. The molecule has 1 atom stereocenters. The van der Waals surface area contributed by atoms with Crippen LogP contribution >= 0.6 is 0 Å². The summed E-state index contributed by atoms with van der Waals surface area (Å²) in [6.07, 6.45) is 0.908. The van der Waals surface area contributed by atoms with E-state index in [9.17, 15) is 9.59 Å². The predicted molar refractivity (Wildman–Crippen MR) is 81.4 cm³/mol. The summed E-state index contributed by atoms with van der Waals surface area (Å²) in [6.45, 7) is 2.03. The highest BCUT2D eigenvalue weighted by Crippen LogP contribution is 2.32. The molecule has 2 fully saturated rings. The standard InChI is InChI=1S/C16H18N4O2/c1-20-13-6-9(10-7-17-8-10)2-3-11(13)15(19-20)12-4-5-14(21)18-16(12)22/h2-3,6,10,12,17H,4-5,7-8H2,1H3,(H,18,21,22). The molecule has 2 aliphatic heterocycles. The first-order valence-electron chi connectivity index (χ1n) is 7.64. The van der Waals surface area contributed by atoms with Gasteiger partial charge in [-0.1, -0.05) is 12.1 Å². The van der Waals surface area contributed by atoms with Crippen molar-refractivity contribution in [3.63, 3.8) is 0 Å². The van der Waals surface area contributed by atoms with Crippen LogP contribution in [0.2, 0.25) is 0 Å². The van der Waals surface area contributed by atoms with Crippen molar-refractivity contribution in [1.82, 2.24) is 20.4 Å². The number of aromatic nitrogens is 2. The first kappa shape index (κ1) is 13.5. The Morgan fingerprint density at radius 3 is 2.77 bits per heavy atom. The molecule has 2 aliphatic rings. The van der Waals surface area contributed by atoms with Crippen LogP contribution in [-0.2, 0) is 16.6 Å². The average molecular weight is 298 g/mol. The predicted octanol–water partition coefficient (Wildman–Crippen LogP) is 0.780. The molecule has 0 bridgehead atoms. The fraction of sp³-hybridized carbons (Fsp3) is 0.438. The number of hydrogen-bond donors (Lipinski definition) is 2. The van der Waals surface area contributed by atoms with Crippen molar-refractivity contribution in [1.29, 1.82) is 0 Å². The van der Waals surface area contributed by atoms with Gasteiger partial charge < -0.3 is 5.32 Å². The lowest BCUT2D eigenvalue weighted by Gasteiger charge is -2.27. The molecule has 2 N–H and O–H groups in total. The lowest BCUT2D eigenvalue weighted by atomic mass is 9.90. The normalized spacial score (nSPS) is 22.7. The Hall–Kier alpha value is -2.21. The van der Waals surface area contributed by atoms with Gasteiger partial charge in [0.1, 0.15) is 0 Å². The van der Waals surface area contributed by atoms with Gasteiger partial charge in [-0.2, -0.15) is 5.10 Å². The van der Waals surface area contributed by atoms with Crippen LogP contribution < -0.4 is 10.6 Å². The highest BCUT2D eigenvalue weighted by atomic mass is 16.2. The highest BCUT2D eigenvalue weighted by Gasteiger charge is 2.31. The smallest absolute Gasteiger partial charge is 0.235 e. The molecular weight excluding hydrogens is 280 g/mol. The number of amides is 2. The van der Waals surface area contributed by atoms with E-state index in [0.29, 0.717) is 18.8 Å². The minimum atomic E-state index is -0.336. The Balaban J connectivity index is 1.75. The SMILES string of the molecule is Cn1nc(C2CCC(=O)NC2=O)c2ccc(C3CNC3)cc21. The lowest BCUT2D eigenvalue weighted by molar-refractivity contribution is -0.134. The van der Waals surface area contributed by atoms with Crippen molar-refractivity contribution in [2.24, 2.45) is 7.05 Å². The Kier molecular flexibility index (Phi) is 3.00. The van der Waals surface area contributed by atoms with E-state index < -0.39 is 0 Å². The molecule has 0 saturated carbocycles. The van der Waals surface area contributed by atoms with E-state index in [1.807, 2.05) is 11.7 Å². The van der Waals surface area contributed by atoms with Crippen LogP contribution in [0.4, 0.5) is 0 Å². The number of carbonyl (C=O) groups excluding carboxylic acids is 2. The Labute approximate surface area is 127 Å². The van der Waals surface area contributed by atoms with Gasteiger partial charge >= 0.3 is 0 Å². The fourth-order valence-corrected chi connectivity index (χ4v) is 3.29. The molecule has 0 aliphatic carbocycles. The van der Waals surface area contributed by atoms with E-state index in [2.05, 4.69) is 33.9 Å². The molecule has 4 rings (SSSR count). The largest absolute Gasteiger partial charge is 0.315 e. The molecule has 6 nitrogen and oxygen atoms in total. The quantitative estimate of drug-likeness (QED) is 0.803. The van der Waals surface area contributed by atoms with Gasteiger partial charge in [0.2, 0.25) is 11.8 Å². The first-order valence-corrected chi connectivity index (χ1v) is 7.64. The highest BCUT2D eigenvalue weighted by molar-refractivity contribution is 6.02. The molecule has 22 heavy (non-hydrogen) atoms. The molecular formula is C16H18N4O2. The van der Waals surface area contributed by atoms with E-state index in [-0.39, 0.29) is 17.7 Å². The maximum Gasteiger partial charge on any atom is 0.235 e. The number of fused-ring (bicyclic) bond motifs is 1. The molecule has 0 radical (unpaired) electrons. The van der Waals surface area contributed by atoms with Gasteiger partial charge in [-0.15, -0.1) is 0 Å². The minimum absolute atomic E-state index is 0.193. The molecule has 1 unspecified atom stereocenters. The molecule has 2 saturated heterocycles. The topological polar surface area (TPSA) is 76.0 Å². The number of benzene rings is 1. The summed E-state index contributed by atoms with van der Waals surface area (Å²) in [6, 6.07) is 6.36. The van der Waals surface area contributed by atoms with Crippen molar-refractivity contribution >= 4 is 22.7 Å². The molecule has 2 amide bonds. The summed E-state index contributed by atoms with van der Waals surface area (Å²) in [5.41, 5.74) is 3.13. The van der Waals surface area contributed by atoms with E-state index in [4.69, 9.17) is 0 Å². The van der Waals surface area contributed by atoms with Crippen molar-refractivity contribution in [2.75, 3.05) is 13.1 Å². The van der Waals surface area contributed by atoms with E-state index in [0.717, 1.165) is 29.7 Å². The molecule has 0 spiro atoms. The van der Waals surface area contributed by atoms with Crippen molar-refractivity contribution in [3.8, 4) is 0 Å². The van der Waals surface area contributed by atoms with Crippen LogP contribution in [-0.4, -0.2) is 34.7 Å². The second kappa shape index (κ2) is 4.91. The summed E-state index contributed by atoms with van der Waals surface area (Å²) in [4.78, 5) is 23.4. The van der Waals surface area contributed by atoms with Crippen LogP contribution in [0.15, 0.2) is 18.2 Å². The lowest BCUT2D eigenvalue weighted by Crippen LogP contribution is -2.39.